The molecule has 0 spiro atoms. The molecule has 0 heterocycles. The lowest BCUT2D eigenvalue weighted by Gasteiger charge is -2.04. The van der Waals surface area contributed by atoms with Crippen LogP contribution in [0.5, 0.6) is 5.75 Å². The number of rotatable bonds is 3. The molecule has 6 nitrogen and oxygen atoms in total. The Labute approximate surface area is 127 Å². The summed E-state index contributed by atoms with van der Waals surface area (Å²) in [5.41, 5.74) is 4.23. The Kier molecular flexibility index (Phi) is 4.87. The smallest absolute Gasteiger partial charge is 0.329 e. The van der Waals surface area contributed by atoms with Gasteiger partial charge in [0.1, 0.15) is 5.75 Å². The lowest BCUT2D eigenvalue weighted by Crippen LogP contribution is -2.32. The van der Waals surface area contributed by atoms with Crippen molar-refractivity contribution in [3.05, 3.63) is 59.7 Å². The molecular weight excluding hydrogens is 282 g/mol. The first-order valence-electron chi connectivity index (χ1n) is 6.55. The molecule has 0 aliphatic rings. The number of benzene rings is 2. The van der Waals surface area contributed by atoms with E-state index in [1.165, 1.54) is 18.3 Å². The highest BCUT2D eigenvalue weighted by molar-refractivity contribution is 6.39. The van der Waals surface area contributed by atoms with Gasteiger partial charge in [-0.25, -0.2) is 5.43 Å². The average molecular weight is 297 g/mol. The monoisotopic (exact) mass is 297 g/mol. The van der Waals surface area contributed by atoms with Crippen LogP contribution in [0.1, 0.15) is 11.1 Å². The van der Waals surface area contributed by atoms with Crippen molar-refractivity contribution in [1.29, 1.82) is 0 Å². The van der Waals surface area contributed by atoms with Gasteiger partial charge in [0, 0.05) is 5.69 Å². The fourth-order valence-electron chi connectivity index (χ4n) is 1.73. The maximum Gasteiger partial charge on any atom is 0.329 e. The molecule has 0 aliphatic carbocycles. The molecule has 6 heteroatoms. The van der Waals surface area contributed by atoms with Crippen molar-refractivity contribution in [3.8, 4) is 5.75 Å². The minimum absolute atomic E-state index is 0.0902. The fourth-order valence-corrected chi connectivity index (χ4v) is 1.73. The standard InChI is InChI=1S/C16H15N3O3/c1-11-4-2-6-13(8-11)18-15(21)16(22)19-17-10-12-5-3-7-14(20)9-12/h2-10,20H,1H3,(H,18,21)(H,19,22)/b17-10-. The first-order valence-corrected chi connectivity index (χ1v) is 6.55. The number of hydrogen-bond donors (Lipinski definition) is 3. The summed E-state index contributed by atoms with van der Waals surface area (Å²) in [6.45, 7) is 1.88. The van der Waals surface area contributed by atoms with Gasteiger partial charge < -0.3 is 10.4 Å². The molecule has 112 valence electrons. The van der Waals surface area contributed by atoms with Gasteiger partial charge in [-0.05, 0) is 42.3 Å². The van der Waals surface area contributed by atoms with Crippen molar-refractivity contribution in [2.75, 3.05) is 5.32 Å². The molecule has 0 unspecified atom stereocenters. The van der Waals surface area contributed by atoms with E-state index in [-0.39, 0.29) is 5.75 Å². The number of aryl methyl sites for hydroxylation is 1. The molecule has 3 N–H and O–H groups in total. The van der Waals surface area contributed by atoms with E-state index in [1.54, 1.807) is 30.3 Å². The second kappa shape index (κ2) is 7.03. The zero-order valence-corrected chi connectivity index (χ0v) is 11.9. The summed E-state index contributed by atoms with van der Waals surface area (Å²) < 4.78 is 0. The summed E-state index contributed by atoms with van der Waals surface area (Å²) in [6.07, 6.45) is 1.33. The number of hydrazone groups is 1. The number of nitrogens with zero attached hydrogens (tertiary/aromatic N) is 1. The summed E-state index contributed by atoms with van der Waals surface area (Å²) in [7, 11) is 0. The van der Waals surface area contributed by atoms with Crippen molar-refractivity contribution in [2.24, 2.45) is 5.10 Å². The fraction of sp³-hybridized carbons (Fsp3) is 0.0625. The minimum Gasteiger partial charge on any atom is -0.508 e. The molecule has 0 radical (unpaired) electrons. The van der Waals surface area contributed by atoms with Crippen LogP contribution in [0.4, 0.5) is 5.69 Å². The maximum atomic E-state index is 11.7. The van der Waals surface area contributed by atoms with E-state index in [1.807, 2.05) is 13.0 Å². The van der Waals surface area contributed by atoms with Crippen LogP contribution in [0.15, 0.2) is 53.6 Å². The topological polar surface area (TPSA) is 90.8 Å². The van der Waals surface area contributed by atoms with E-state index in [4.69, 9.17) is 0 Å². The number of phenolic OH excluding ortho intramolecular Hbond substituents is 1. The van der Waals surface area contributed by atoms with Crippen LogP contribution in [0, 0.1) is 6.92 Å². The zero-order valence-electron chi connectivity index (χ0n) is 11.9. The van der Waals surface area contributed by atoms with Crippen LogP contribution in [-0.4, -0.2) is 23.1 Å². The van der Waals surface area contributed by atoms with E-state index in [0.29, 0.717) is 11.3 Å². The minimum atomic E-state index is -0.877. The zero-order chi connectivity index (χ0) is 15.9. The van der Waals surface area contributed by atoms with Gasteiger partial charge >= 0.3 is 11.8 Å². The third-order valence-electron chi connectivity index (χ3n) is 2.73. The van der Waals surface area contributed by atoms with E-state index >= 15 is 0 Å². The summed E-state index contributed by atoms with van der Waals surface area (Å²) >= 11 is 0. The number of phenols is 1. The average Bonchev–Trinajstić information content (AvgIpc) is 2.47. The van der Waals surface area contributed by atoms with Crippen molar-refractivity contribution in [1.82, 2.24) is 5.43 Å². The number of carbonyl (C=O) groups is 2. The lowest BCUT2D eigenvalue weighted by molar-refractivity contribution is -0.136. The molecule has 0 fully saturated rings. The molecule has 22 heavy (non-hydrogen) atoms. The van der Waals surface area contributed by atoms with Crippen molar-refractivity contribution < 1.29 is 14.7 Å². The van der Waals surface area contributed by atoms with Gasteiger partial charge in [-0.15, -0.1) is 0 Å². The maximum absolute atomic E-state index is 11.7. The highest BCUT2D eigenvalue weighted by atomic mass is 16.3. The molecule has 0 aliphatic heterocycles. The van der Waals surface area contributed by atoms with Crippen LogP contribution < -0.4 is 10.7 Å². The molecule has 2 amide bonds. The van der Waals surface area contributed by atoms with Gasteiger partial charge in [0.2, 0.25) is 0 Å². The summed E-state index contributed by atoms with van der Waals surface area (Å²) in [5.74, 6) is -1.59. The second-order valence-electron chi connectivity index (χ2n) is 4.62. The van der Waals surface area contributed by atoms with Gasteiger partial charge in [0.05, 0.1) is 6.21 Å². The van der Waals surface area contributed by atoms with Crippen LogP contribution in [0.25, 0.3) is 0 Å². The number of aromatic hydroxyl groups is 1. The highest BCUT2D eigenvalue weighted by Crippen LogP contribution is 2.09. The first-order chi connectivity index (χ1) is 10.5. The SMILES string of the molecule is Cc1cccc(NC(=O)C(=O)N/N=C\c2cccc(O)c2)c1. The van der Waals surface area contributed by atoms with E-state index in [0.717, 1.165) is 5.56 Å². The molecule has 2 aromatic carbocycles. The summed E-state index contributed by atoms with van der Waals surface area (Å²) in [4.78, 5) is 23.3. The number of hydrogen-bond acceptors (Lipinski definition) is 4. The lowest BCUT2D eigenvalue weighted by atomic mass is 10.2. The Morgan fingerprint density at radius 2 is 1.86 bits per heavy atom. The van der Waals surface area contributed by atoms with Gasteiger partial charge in [-0.2, -0.15) is 5.10 Å². The Hall–Kier alpha value is -3.15. The molecule has 2 rings (SSSR count). The van der Waals surface area contributed by atoms with Gasteiger partial charge in [-0.3, -0.25) is 9.59 Å². The van der Waals surface area contributed by atoms with Gasteiger partial charge in [-0.1, -0.05) is 24.3 Å². The van der Waals surface area contributed by atoms with Gasteiger partial charge in [0.15, 0.2) is 0 Å². The largest absolute Gasteiger partial charge is 0.508 e. The predicted molar refractivity (Wildman–Crippen MR) is 83.7 cm³/mol. The molecule has 0 saturated heterocycles. The Bertz CT molecular complexity index is 726. The van der Waals surface area contributed by atoms with E-state index in [2.05, 4.69) is 15.8 Å². The van der Waals surface area contributed by atoms with Crippen molar-refractivity contribution in [3.63, 3.8) is 0 Å². The molecule has 0 saturated carbocycles. The summed E-state index contributed by atoms with van der Waals surface area (Å²) in [5, 5.41) is 15.4. The van der Waals surface area contributed by atoms with Crippen LogP contribution in [0.3, 0.4) is 0 Å². The Morgan fingerprint density at radius 3 is 2.59 bits per heavy atom. The van der Waals surface area contributed by atoms with Crippen LogP contribution in [0.2, 0.25) is 0 Å². The van der Waals surface area contributed by atoms with Crippen molar-refractivity contribution >= 4 is 23.7 Å². The van der Waals surface area contributed by atoms with Crippen LogP contribution in [-0.2, 0) is 9.59 Å². The molecule has 0 bridgehead atoms. The Morgan fingerprint density at radius 1 is 1.09 bits per heavy atom. The summed E-state index contributed by atoms with van der Waals surface area (Å²) in [6, 6.07) is 13.4. The molecule has 0 aromatic heterocycles. The van der Waals surface area contributed by atoms with Crippen molar-refractivity contribution in [2.45, 2.75) is 6.92 Å². The highest BCUT2D eigenvalue weighted by Gasteiger charge is 2.12. The predicted octanol–water partition coefficient (Wildman–Crippen LogP) is 1.79. The quantitative estimate of drug-likeness (QED) is 0.458. The Balaban J connectivity index is 1.90. The van der Waals surface area contributed by atoms with E-state index in [9.17, 15) is 14.7 Å². The number of amides is 2. The molecule has 2 aromatic rings. The number of nitrogens with one attached hydrogen (secondary N) is 2. The number of anilines is 1. The molecule has 0 atom stereocenters. The second-order valence-corrected chi connectivity index (χ2v) is 4.62. The number of carbonyl (C=O) groups excluding carboxylic acids is 2. The molecular formula is C16H15N3O3. The third kappa shape index (κ3) is 4.45. The van der Waals surface area contributed by atoms with E-state index < -0.39 is 11.8 Å². The normalized spacial score (nSPS) is 10.4. The third-order valence-corrected chi connectivity index (χ3v) is 2.73. The van der Waals surface area contributed by atoms with Gasteiger partial charge in [0.25, 0.3) is 0 Å². The first kappa shape index (κ1) is 15.2. The van der Waals surface area contributed by atoms with Crippen LogP contribution >= 0.6 is 0 Å².